The Labute approximate surface area is 335 Å². The molecule has 0 N–H and O–H groups in total. The number of hydrogen-bond donors (Lipinski definition) is 0. The van der Waals surface area contributed by atoms with Gasteiger partial charge in [0.1, 0.15) is 22.3 Å². The zero-order chi connectivity index (χ0) is 41.2. The first-order valence-corrected chi connectivity index (χ1v) is 19.0. The Bertz CT molecular complexity index is 3440. The van der Waals surface area contributed by atoms with Gasteiger partial charge in [0.25, 0.3) is 0 Å². The highest BCUT2D eigenvalue weighted by Crippen LogP contribution is 2.45. The number of fused-ring (bicyclic) bond motifs is 6. The van der Waals surface area contributed by atoms with E-state index in [0.717, 1.165) is 54.9 Å². The Balaban J connectivity index is 1.10. The Kier molecular flexibility index (Phi) is 6.86. The SMILES string of the molecule is [2H]c1c([2H])c(N(c2ccc(-c3ccc(-c4ccccc4)c(-c4ccccc4)c3)cc2)c2cccc3oc4ccccc4c23)c([2H])c([2H])c1-c1cccc2c1oc1ccccc12. The molecule has 0 atom stereocenters. The Morgan fingerprint density at radius 3 is 1.70 bits per heavy atom. The second kappa shape index (κ2) is 13.6. The molecule has 0 radical (unpaired) electrons. The normalized spacial score (nSPS) is 12.5. The van der Waals surface area contributed by atoms with E-state index in [0.29, 0.717) is 39.3 Å². The molecule has 0 unspecified atom stereocenters. The van der Waals surface area contributed by atoms with Crippen LogP contribution in [0, 0.1) is 0 Å². The van der Waals surface area contributed by atoms with Gasteiger partial charge in [-0.15, -0.1) is 0 Å². The minimum atomic E-state index is -0.179. The third-order valence-corrected chi connectivity index (χ3v) is 10.8. The minimum Gasteiger partial charge on any atom is -0.456 e. The van der Waals surface area contributed by atoms with Crippen molar-refractivity contribution in [3.8, 4) is 44.5 Å². The summed E-state index contributed by atoms with van der Waals surface area (Å²) in [5.41, 5.74) is 11.3. The first-order chi connectivity index (χ1) is 29.9. The summed E-state index contributed by atoms with van der Waals surface area (Å²) in [5.74, 6) is 0. The summed E-state index contributed by atoms with van der Waals surface area (Å²) in [5, 5.41) is 3.45. The Morgan fingerprint density at radius 1 is 0.351 bits per heavy atom. The number of benzene rings is 9. The molecule has 0 aliphatic rings. The summed E-state index contributed by atoms with van der Waals surface area (Å²) in [6, 6.07) is 61.7. The molecule has 9 aromatic carbocycles. The fourth-order valence-electron chi connectivity index (χ4n) is 8.08. The van der Waals surface area contributed by atoms with Gasteiger partial charge < -0.3 is 13.7 Å². The quantitative estimate of drug-likeness (QED) is 0.163. The summed E-state index contributed by atoms with van der Waals surface area (Å²) in [6.07, 6.45) is 0. The number of para-hydroxylation sites is 3. The Hall–Kier alpha value is -7.62. The zero-order valence-corrected chi connectivity index (χ0v) is 30.7. The van der Waals surface area contributed by atoms with Crippen molar-refractivity contribution in [3.05, 3.63) is 212 Å². The number of hydrogen-bond acceptors (Lipinski definition) is 3. The summed E-state index contributed by atoms with van der Waals surface area (Å²) < 4.78 is 51.1. The van der Waals surface area contributed by atoms with Crippen LogP contribution in [0.1, 0.15) is 5.48 Å². The molecule has 2 heterocycles. The van der Waals surface area contributed by atoms with Gasteiger partial charge in [-0.3, -0.25) is 0 Å². The second-order valence-electron chi connectivity index (χ2n) is 14.1. The molecule has 0 aliphatic carbocycles. The van der Waals surface area contributed by atoms with Crippen LogP contribution in [0.15, 0.2) is 221 Å². The minimum absolute atomic E-state index is 0.125. The van der Waals surface area contributed by atoms with E-state index in [4.69, 9.17) is 8.83 Å². The molecule has 0 bridgehead atoms. The molecule has 0 saturated heterocycles. The van der Waals surface area contributed by atoms with Crippen molar-refractivity contribution < 1.29 is 14.3 Å². The molecule has 3 nitrogen and oxygen atoms in total. The molecule has 57 heavy (non-hydrogen) atoms. The summed E-state index contributed by atoms with van der Waals surface area (Å²) in [7, 11) is 0. The van der Waals surface area contributed by atoms with Gasteiger partial charge in [-0.05, 0) is 93.5 Å². The fraction of sp³-hybridized carbons (Fsp3) is 0. The molecule has 0 saturated carbocycles. The van der Waals surface area contributed by atoms with Crippen LogP contribution in [-0.4, -0.2) is 0 Å². The molecule has 0 fully saturated rings. The van der Waals surface area contributed by atoms with Gasteiger partial charge in [0.2, 0.25) is 0 Å². The van der Waals surface area contributed by atoms with Crippen LogP contribution in [0.2, 0.25) is 0 Å². The van der Waals surface area contributed by atoms with Crippen LogP contribution < -0.4 is 4.90 Å². The average molecular weight is 734 g/mol. The van der Waals surface area contributed by atoms with E-state index < -0.39 is 0 Å². The standard InChI is InChI=1S/C54H35NO2/c1-3-13-37(14-4-1)43-34-29-40(35-48(43)38-15-5-2-6-16-38)36-25-30-41(31-26-36)55(49-21-12-24-52-53(49)47-18-8-10-23-51(47)56-52)42-32-27-39(28-33-42)44-19-11-20-46-45-17-7-9-22-50(45)57-54(44)46/h1-35H/i27D,28D,32D,33D. The van der Waals surface area contributed by atoms with Crippen molar-refractivity contribution in [2.45, 2.75) is 0 Å². The van der Waals surface area contributed by atoms with Gasteiger partial charge in [0, 0.05) is 33.1 Å². The van der Waals surface area contributed by atoms with E-state index in [-0.39, 0.29) is 35.4 Å². The van der Waals surface area contributed by atoms with Crippen molar-refractivity contribution in [1.82, 2.24) is 0 Å². The summed E-state index contributed by atoms with van der Waals surface area (Å²) in [6.45, 7) is 0. The molecule has 0 aliphatic heterocycles. The maximum atomic E-state index is 9.69. The van der Waals surface area contributed by atoms with Crippen LogP contribution in [0.25, 0.3) is 88.4 Å². The predicted molar refractivity (Wildman–Crippen MR) is 237 cm³/mol. The molecule has 0 amide bonds. The van der Waals surface area contributed by atoms with E-state index >= 15 is 0 Å². The van der Waals surface area contributed by atoms with Crippen LogP contribution in [0.3, 0.4) is 0 Å². The lowest BCUT2D eigenvalue weighted by Gasteiger charge is -2.26. The highest BCUT2D eigenvalue weighted by Gasteiger charge is 2.20. The largest absolute Gasteiger partial charge is 0.456 e. The van der Waals surface area contributed by atoms with Gasteiger partial charge in [-0.1, -0.05) is 158 Å². The van der Waals surface area contributed by atoms with Gasteiger partial charge >= 0.3 is 0 Å². The summed E-state index contributed by atoms with van der Waals surface area (Å²) >= 11 is 0. The van der Waals surface area contributed by atoms with E-state index in [1.54, 1.807) is 6.07 Å². The number of anilines is 3. The zero-order valence-electron chi connectivity index (χ0n) is 34.7. The van der Waals surface area contributed by atoms with Crippen molar-refractivity contribution in [3.63, 3.8) is 0 Å². The second-order valence-corrected chi connectivity index (χ2v) is 14.1. The maximum absolute atomic E-state index is 9.69. The first-order valence-electron chi connectivity index (χ1n) is 21.0. The third kappa shape index (κ3) is 5.68. The molecule has 11 rings (SSSR count). The lowest BCUT2D eigenvalue weighted by Crippen LogP contribution is -2.10. The molecule has 2 aromatic heterocycles. The topological polar surface area (TPSA) is 29.5 Å². The highest BCUT2D eigenvalue weighted by atomic mass is 16.3. The third-order valence-electron chi connectivity index (χ3n) is 10.8. The van der Waals surface area contributed by atoms with E-state index in [1.807, 2.05) is 108 Å². The van der Waals surface area contributed by atoms with Gasteiger partial charge in [-0.25, -0.2) is 0 Å². The van der Waals surface area contributed by atoms with E-state index in [1.165, 1.54) is 0 Å². The number of furan rings is 2. The maximum Gasteiger partial charge on any atom is 0.143 e. The van der Waals surface area contributed by atoms with Crippen molar-refractivity contribution in [1.29, 1.82) is 0 Å². The molecule has 268 valence electrons. The smallest absolute Gasteiger partial charge is 0.143 e. The van der Waals surface area contributed by atoms with Crippen LogP contribution in [-0.2, 0) is 0 Å². The van der Waals surface area contributed by atoms with Crippen LogP contribution >= 0.6 is 0 Å². The Morgan fingerprint density at radius 2 is 0.947 bits per heavy atom. The van der Waals surface area contributed by atoms with Gasteiger partial charge in [0.15, 0.2) is 0 Å². The van der Waals surface area contributed by atoms with Crippen molar-refractivity contribution in [2.75, 3.05) is 4.90 Å². The number of nitrogens with zero attached hydrogens (tertiary/aromatic N) is 1. The van der Waals surface area contributed by atoms with Gasteiger partial charge in [-0.2, -0.15) is 0 Å². The lowest BCUT2D eigenvalue weighted by molar-refractivity contribution is 0.669. The van der Waals surface area contributed by atoms with E-state index in [9.17, 15) is 5.48 Å². The first kappa shape index (κ1) is 28.8. The van der Waals surface area contributed by atoms with Crippen molar-refractivity contribution in [2.24, 2.45) is 0 Å². The molecular formula is C54H35NO2. The molecular weight excluding hydrogens is 695 g/mol. The molecule has 3 heteroatoms. The fourth-order valence-corrected chi connectivity index (χ4v) is 8.08. The van der Waals surface area contributed by atoms with Crippen LogP contribution in [0.5, 0.6) is 0 Å². The van der Waals surface area contributed by atoms with Gasteiger partial charge in [0.05, 0.1) is 16.6 Å². The van der Waals surface area contributed by atoms with Crippen LogP contribution in [0.4, 0.5) is 17.1 Å². The number of rotatable bonds is 7. The lowest BCUT2D eigenvalue weighted by atomic mass is 9.91. The average Bonchev–Trinajstić information content (AvgIpc) is 3.90. The van der Waals surface area contributed by atoms with Crippen molar-refractivity contribution >= 4 is 60.9 Å². The molecule has 11 aromatic rings. The summed E-state index contributed by atoms with van der Waals surface area (Å²) in [4.78, 5) is 1.84. The predicted octanol–water partition coefficient (Wildman–Crippen LogP) is 15.6. The highest BCUT2D eigenvalue weighted by molar-refractivity contribution is 6.13. The monoisotopic (exact) mass is 733 g/mol. The van der Waals surface area contributed by atoms with E-state index in [2.05, 4.69) is 78.9 Å². The molecule has 0 spiro atoms.